The Hall–Kier alpha value is -3.35. The van der Waals surface area contributed by atoms with Crippen molar-refractivity contribution in [3.8, 4) is 11.1 Å². The van der Waals surface area contributed by atoms with Crippen LogP contribution in [0.2, 0.25) is 0 Å². The van der Waals surface area contributed by atoms with Crippen molar-refractivity contribution in [2.45, 2.75) is 57.0 Å². The zero-order valence-corrected chi connectivity index (χ0v) is 18.8. The van der Waals surface area contributed by atoms with Crippen LogP contribution in [0.15, 0.2) is 48.5 Å². The van der Waals surface area contributed by atoms with E-state index in [9.17, 15) is 14.4 Å². The number of rotatable bonds is 8. The molecule has 2 aliphatic carbocycles. The van der Waals surface area contributed by atoms with E-state index < -0.39 is 18.0 Å². The van der Waals surface area contributed by atoms with Crippen LogP contribution in [-0.4, -0.2) is 41.8 Å². The van der Waals surface area contributed by atoms with E-state index in [1.165, 1.54) is 11.1 Å². The molecule has 2 aromatic rings. The summed E-state index contributed by atoms with van der Waals surface area (Å²) in [6.07, 6.45) is 1.88. The molecule has 1 saturated carbocycles. The zero-order valence-electron chi connectivity index (χ0n) is 18.8. The van der Waals surface area contributed by atoms with E-state index in [0.717, 1.165) is 11.1 Å². The van der Waals surface area contributed by atoms with Crippen LogP contribution in [0.1, 0.15) is 56.1 Å². The molecule has 0 saturated heterocycles. The highest BCUT2D eigenvalue weighted by atomic mass is 16.5. The predicted octanol–water partition coefficient (Wildman–Crippen LogP) is 4.06. The van der Waals surface area contributed by atoms with Gasteiger partial charge in [-0.1, -0.05) is 55.5 Å². The van der Waals surface area contributed by atoms with E-state index in [1.807, 2.05) is 31.2 Å². The van der Waals surface area contributed by atoms with E-state index in [-0.39, 0.29) is 36.9 Å². The second kappa shape index (κ2) is 10.1. The zero-order chi connectivity index (χ0) is 23.4. The lowest BCUT2D eigenvalue weighted by molar-refractivity contribution is -0.141. The van der Waals surface area contributed by atoms with Crippen molar-refractivity contribution in [2.75, 3.05) is 6.61 Å². The second-order valence-electron chi connectivity index (χ2n) is 8.89. The first-order valence-electron chi connectivity index (χ1n) is 11.6. The lowest BCUT2D eigenvalue weighted by Gasteiger charge is -2.20. The summed E-state index contributed by atoms with van der Waals surface area (Å²) >= 11 is 0. The van der Waals surface area contributed by atoms with Crippen LogP contribution >= 0.6 is 0 Å². The monoisotopic (exact) mass is 450 g/mol. The number of hydrogen-bond donors (Lipinski definition) is 3. The van der Waals surface area contributed by atoms with Gasteiger partial charge in [0.1, 0.15) is 6.61 Å². The molecule has 0 radical (unpaired) electrons. The molecule has 4 rings (SSSR count). The first kappa shape index (κ1) is 22.8. The smallest absolute Gasteiger partial charge is 0.407 e. The van der Waals surface area contributed by atoms with Crippen LogP contribution in [0.25, 0.3) is 11.1 Å². The van der Waals surface area contributed by atoms with E-state index in [1.54, 1.807) is 0 Å². The Morgan fingerprint density at radius 3 is 2.24 bits per heavy atom. The summed E-state index contributed by atoms with van der Waals surface area (Å²) in [7, 11) is 0. The Balaban J connectivity index is 1.28. The number of carboxylic acids is 1. The maximum absolute atomic E-state index is 12.5. The fourth-order valence-electron chi connectivity index (χ4n) is 4.95. The lowest BCUT2D eigenvalue weighted by Crippen LogP contribution is -2.41. The number of nitrogens with one attached hydrogen (secondary N) is 2. The molecule has 0 spiro atoms. The van der Waals surface area contributed by atoms with Gasteiger partial charge in [-0.25, -0.2) is 4.79 Å². The minimum absolute atomic E-state index is 0.0175. The van der Waals surface area contributed by atoms with Crippen LogP contribution in [-0.2, 0) is 14.3 Å². The van der Waals surface area contributed by atoms with Crippen molar-refractivity contribution in [3.05, 3.63) is 59.7 Å². The third-order valence-electron chi connectivity index (χ3n) is 6.74. The molecule has 0 aromatic heterocycles. The van der Waals surface area contributed by atoms with Crippen molar-refractivity contribution < 1.29 is 24.2 Å². The summed E-state index contributed by atoms with van der Waals surface area (Å²) < 4.78 is 5.58. The number of ether oxygens (including phenoxy) is 1. The molecule has 33 heavy (non-hydrogen) atoms. The number of hydrogen-bond acceptors (Lipinski definition) is 4. The molecule has 0 aliphatic heterocycles. The van der Waals surface area contributed by atoms with Crippen molar-refractivity contribution in [1.29, 1.82) is 0 Å². The van der Waals surface area contributed by atoms with E-state index in [0.29, 0.717) is 25.7 Å². The Kier molecular flexibility index (Phi) is 6.96. The number of carbonyl (C=O) groups excluding carboxylic acids is 2. The van der Waals surface area contributed by atoms with E-state index in [2.05, 4.69) is 34.9 Å². The molecule has 0 bridgehead atoms. The minimum atomic E-state index is -0.810. The van der Waals surface area contributed by atoms with Gasteiger partial charge in [0.25, 0.3) is 0 Å². The molecule has 1 fully saturated rings. The normalized spacial score (nSPS) is 19.9. The average Bonchev–Trinajstić information content (AvgIpc) is 3.40. The van der Waals surface area contributed by atoms with Gasteiger partial charge in [0.05, 0.1) is 5.92 Å². The van der Waals surface area contributed by atoms with Crippen LogP contribution < -0.4 is 10.6 Å². The SMILES string of the molecule is CC[C@@H](CC(=O)N[C@@H]1CC[C@H](C(=O)O)C1)NC(=O)OCC1c2ccccc2-c2ccccc21. The molecule has 7 nitrogen and oxygen atoms in total. The summed E-state index contributed by atoms with van der Waals surface area (Å²) in [4.78, 5) is 36.0. The Bertz CT molecular complexity index is 991. The summed E-state index contributed by atoms with van der Waals surface area (Å²) in [5.74, 6) is -1.40. The highest BCUT2D eigenvalue weighted by Gasteiger charge is 2.31. The topological polar surface area (TPSA) is 105 Å². The molecule has 3 N–H and O–H groups in total. The molecule has 7 heteroatoms. The highest BCUT2D eigenvalue weighted by Crippen LogP contribution is 2.44. The first-order valence-corrected chi connectivity index (χ1v) is 11.6. The molecule has 0 heterocycles. The largest absolute Gasteiger partial charge is 0.481 e. The van der Waals surface area contributed by atoms with Crippen LogP contribution in [0.5, 0.6) is 0 Å². The second-order valence-corrected chi connectivity index (χ2v) is 8.89. The van der Waals surface area contributed by atoms with Crippen molar-refractivity contribution >= 4 is 18.0 Å². The van der Waals surface area contributed by atoms with Gasteiger partial charge in [-0.15, -0.1) is 0 Å². The van der Waals surface area contributed by atoms with Gasteiger partial charge in [0.15, 0.2) is 0 Å². The van der Waals surface area contributed by atoms with Gasteiger partial charge in [-0.05, 0) is 47.9 Å². The first-order chi connectivity index (χ1) is 16.0. The highest BCUT2D eigenvalue weighted by molar-refractivity contribution is 5.80. The number of alkyl carbamates (subject to hydrolysis) is 1. The Morgan fingerprint density at radius 1 is 1.03 bits per heavy atom. The number of fused-ring (bicyclic) bond motifs is 3. The summed E-state index contributed by atoms with van der Waals surface area (Å²) in [6.45, 7) is 2.12. The average molecular weight is 451 g/mol. The van der Waals surface area contributed by atoms with Crippen LogP contribution in [0.3, 0.4) is 0 Å². The van der Waals surface area contributed by atoms with Gasteiger partial charge in [0, 0.05) is 24.4 Å². The Labute approximate surface area is 193 Å². The molecule has 2 aromatic carbocycles. The number of carboxylic acid groups (broad SMARTS) is 1. The summed E-state index contributed by atoms with van der Waals surface area (Å²) in [6, 6.07) is 15.8. The van der Waals surface area contributed by atoms with Crippen molar-refractivity contribution in [2.24, 2.45) is 5.92 Å². The van der Waals surface area contributed by atoms with Crippen LogP contribution in [0, 0.1) is 5.92 Å². The molecule has 2 amide bonds. The Morgan fingerprint density at radius 2 is 1.67 bits per heavy atom. The van der Waals surface area contributed by atoms with Gasteiger partial charge < -0.3 is 20.5 Å². The van der Waals surface area contributed by atoms with Gasteiger partial charge in [0.2, 0.25) is 5.91 Å². The van der Waals surface area contributed by atoms with E-state index >= 15 is 0 Å². The van der Waals surface area contributed by atoms with E-state index in [4.69, 9.17) is 9.84 Å². The maximum Gasteiger partial charge on any atom is 0.407 e. The standard InChI is InChI=1S/C26H30N2O5/c1-2-17(14-24(29)27-18-12-11-16(13-18)25(30)31)28-26(32)33-15-23-21-9-5-3-7-19(21)20-8-4-6-10-22(20)23/h3-10,16-18,23H,2,11-15H2,1H3,(H,27,29)(H,28,32)(H,30,31)/t16-,17-,18+/m0/s1. The number of amides is 2. The molecule has 3 atom stereocenters. The third-order valence-corrected chi connectivity index (χ3v) is 6.74. The summed E-state index contributed by atoms with van der Waals surface area (Å²) in [5.41, 5.74) is 4.63. The molecule has 174 valence electrons. The van der Waals surface area contributed by atoms with Gasteiger partial charge >= 0.3 is 12.1 Å². The molecular formula is C26H30N2O5. The third kappa shape index (κ3) is 5.18. The minimum Gasteiger partial charge on any atom is -0.481 e. The van der Waals surface area contributed by atoms with Crippen molar-refractivity contribution in [3.63, 3.8) is 0 Å². The fraction of sp³-hybridized carbons (Fsp3) is 0.423. The van der Waals surface area contributed by atoms with Gasteiger partial charge in [-0.2, -0.15) is 0 Å². The molecule has 2 aliphatic rings. The quantitative estimate of drug-likeness (QED) is 0.563. The molecular weight excluding hydrogens is 420 g/mol. The maximum atomic E-state index is 12.5. The van der Waals surface area contributed by atoms with Gasteiger partial charge in [-0.3, -0.25) is 9.59 Å². The summed E-state index contributed by atoms with van der Waals surface area (Å²) in [5, 5.41) is 14.8. The lowest BCUT2D eigenvalue weighted by atomic mass is 9.98. The fourth-order valence-corrected chi connectivity index (χ4v) is 4.95. The van der Waals surface area contributed by atoms with Crippen molar-refractivity contribution in [1.82, 2.24) is 10.6 Å². The van der Waals surface area contributed by atoms with Crippen LogP contribution in [0.4, 0.5) is 4.79 Å². The number of carbonyl (C=O) groups is 3. The number of benzene rings is 2. The predicted molar refractivity (Wildman–Crippen MR) is 124 cm³/mol. The number of aliphatic carboxylic acids is 1. The molecule has 0 unspecified atom stereocenters.